The molecule has 0 heterocycles. The standard InChI is InChI=1S/C16H26N2O/c1-12-8-9-13(2)15(11-12)14(3)18-16(19)7-5-4-6-10-17/h8-9,11,14H,4-7,10,17H2,1-3H3,(H,18,19). The first-order valence-electron chi connectivity index (χ1n) is 7.11. The maximum absolute atomic E-state index is 11.8. The number of carbonyl (C=O) groups excluding carboxylic acids is 1. The molecule has 0 saturated carbocycles. The Morgan fingerprint density at radius 3 is 2.68 bits per heavy atom. The van der Waals surface area contributed by atoms with Gasteiger partial charge in [0, 0.05) is 6.42 Å². The van der Waals surface area contributed by atoms with E-state index in [9.17, 15) is 4.79 Å². The van der Waals surface area contributed by atoms with Crippen LogP contribution < -0.4 is 11.1 Å². The molecule has 0 aliphatic carbocycles. The number of amides is 1. The third-order valence-corrected chi connectivity index (χ3v) is 3.39. The number of hydrogen-bond acceptors (Lipinski definition) is 2. The molecule has 0 aromatic heterocycles. The van der Waals surface area contributed by atoms with E-state index in [1.165, 1.54) is 16.7 Å². The van der Waals surface area contributed by atoms with E-state index in [1.54, 1.807) is 0 Å². The van der Waals surface area contributed by atoms with E-state index in [0.29, 0.717) is 13.0 Å². The van der Waals surface area contributed by atoms with E-state index in [-0.39, 0.29) is 11.9 Å². The van der Waals surface area contributed by atoms with Gasteiger partial charge in [0.05, 0.1) is 6.04 Å². The van der Waals surface area contributed by atoms with Crippen molar-refractivity contribution >= 4 is 5.91 Å². The van der Waals surface area contributed by atoms with Crippen LogP contribution in [0.5, 0.6) is 0 Å². The number of benzene rings is 1. The monoisotopic (exact) mass is 262 g/mol. The number of hydrogen-bond donors (Lipinski definition) is 2. The average Bonchev–Trinajstić information content (AvgIpc) is 2.37. The number of nitrogens with one attached hydrogen (secondary N) is 1. The van der Waals surface area contributed by atoms with Crippen LogP contribution >= 0.6 is 0 Å². The van der Waals surface area contributed by atoms with Crippen LogP contribution in [-0.2, 0) is 4.79 Å². The lowest BCUT2D eigenvalue weighted by Gasteiger charge is -2.17. The Kier molecular flexibility index (Phi) is 6.57. The fourth-order valence-electron chi connectivity index (χ4n) is 2.22. The molecule has 1 unspecified atom stereocenters. The zero-order valence-electron chi connectivity index (χ0n) is 12.3. The molecule has 0 aliphatic heterocycles. The van der Waals surface area contributed by atoms with Gasteiger partial charge in [-0.25, -0.2) is 0 Å². The number of rotatable bonds is 7. The fraction of sp³-hybridized carbons (Fsp3) is 0.562. The van der Waals surface area contributed by atoms with Crippen molar-refractivity contribution in [3.05, 3.63) is 34.9 Å². The van der Waals surface area contributed by atoms with Crippen LogP contribution in [0.25, 0.3) is 0 Å². The van der Waals surface area contributed by atoms with Gasteiger partial charge in [-0.05, 0) is 51.3 Å². The second-order valence-corrected chi connectivity index (χ2v) is 5.25. The minimum atomic E-state index is 0.0712. The van der Waals surface area contributed by atoms with Crippen molar-refractivity contribution in [1.29, 1.82) is 0 Å². The fourth-order valence-corrected chi connectivity index (χ4v) is 2.22. The van der Waals surface area contributed by atoms with Crippen molar-refractivity contribution in [3.8, 4) is 0 Å². The second kappa shape index (κ2) is 7.95. The zero-order valence-corrected chi connectivity index (χ0v) is 12.3. The van der Waals surface area contributed by atoms with Crippen molar-refractivity contribution < 1.29 is 4.79 Å². The minimum absolute atomic E-state index is 0.0712. The molecule has 1 aromatic rings. The van der Waals surface area contributed by atoms with Crippen LogP contribution in [0.4, 0.5) is 0 Å². The number of aryl methyl sites for hydroxylation is 2. The number of nitrogens with two attached hydrogens (primary N) is 1. The van der Waals surface area contributed by atoms with Crippen LogP contribution in [0.15, 0.2) is 18.2 Å². The zero-order chi connectivity index (χ0) is 14.3. The van der Waals surface area contributed by atoms with Crippen molar-refractivity contribution in [3.63, 3.8) is 0 Å². The maximum atomic E-state index is 11.8. The minimum Gasteiger partial charge on any atom is -0.350 e. The van der Waals surface area contributed by atoms with Gasteiger partial charge >= 0.3 is 0 Å². The van der Waals surface area contributed by atoms with Crippen molar-refractivity contribution in [1.82, 2.24) is 5.32 Å². The first kappa shape index (κ1) is 15.7. The van der Waals surface area contributed by atoms with E-state index in [4.69, 9.17) is 5.73 Å². The summed E-state index contributed by atoms with van der Waals surface area (Å²) in [6.45, 7) is 6.91. The van der Waals surface area contributed by atoms with E-state index < -0.39 is 0 Å². The molecule has 3 nitrogen and oxygen atoms in total. The Morgan fingerprint density at radius 1 is 1.26 bits per heavy atom. The van der Waals surface area contributed by atoms with E-state index in [2.05, 4.69) is 37.4 Å². The second-order valence-electron chi connectivity index (χ2n) is 5.25. The van der Waals surface area contributed by atoms with Crippen molar-refractivity contribution in [2.45, 2.75) is 52.5 Å². The van der Waals surface area contributed by atoms with Gasteiger partial charge in [0.25, 0.3) is 0 Å². The van der Waals surface area contributed by atoms with Crippen molar-refractivity contribution in [2.24, 2.45) is 5.73 Å². The normalized spacial score (nSPS) is 12.2. The summed E-state index contributed by atoms with van der Waals surface area (Å²) in [5, 5.41) is 3.07. The van der Waals surface area contributed by atoms with Crippen LogP contribution in [-0.4, -0.2) is 12.5 Å². The molecule has 19 heavy (non-hydrogen) atoms. The molecule has 1 amide bonds. The quantitative estimate of drug-likeness (QED) is 0.742. The first-order chi connectivity index (χ1) is 9.04. The molecule has 0 fully saturated rings. The molecule has 1 atom stereocenters. The topological polar surface area (TPSA) is 55.1 Å². The third-order valence-electron chi connectivity index (χ3n) is 3.39. The molecular formula is C16H26N2O. The summed E-state index contributed by atoms with van der Waals surface area (Å²) in [5.41, 5.74) is 9.09. The lowest BCUT2D eigenvalue weighted by atomic mass is 10.00. The summed E-state index contributed by atoms with van der Waals surface area (Å²) in [4.78, 5) is 11.8. The smallest absolute Gasteiger partial charge is 0.220 e. The predicted molar refractivity (Wildman–Crippen MR) is 80.0 cm³/mol. The Hall–Kier alpha value is -1.35. The van der Waals surface area contributed by atoms with Gasteiger partial charge in [-0.15, -0.1) is 0 Å². The number of unbranched alkanes of at least 4 members (excludes halogenated alkanes) is 2. The highest BCUT2D eigenvalue weighted by atomic mass is 16.1. The molecule has 0 spiro atoms. The Morgan fingerprint density at radius 2 is 2.00 bits per heavy atom. The summed E-state index contributed by atoms with van der Waals surface area (Å²) < 4.78 is 0. The summed E-state index contributed by atoms with van der Waals surface area (Å²) in [7, 11) is 0. The summed E-state index contributed by atoms with van der Waals surface area (Å²) in [5.74, 6) is 0.130. The maximum Gasteiger partial charge on any atom is 0.220 e. The van der Waals surface area contributed by atoms with E-state index >= 15 is 0 Å². The average molecular weight is 262 g/mol. The third kappa shape index (κ3) is 5.43. The molecule has 0 bridgehead atoms. The molecular weight excluding hydrogens is 236 g/mol. The Bertz CT molecular complexity index is 415. The Labute approximate surface area is 116 Å². The van der Waals surface area contributed by atoms with Crippen LogP contribution in [0.1, 0.15) is 55.3 Å². The molecule has 3 heteroatoms. The van der Waals surface area contributed by atoms with Crippen molar-refractivity contribution in [2.75, 3.05) is 6.54 Å². The molecule has 1 rings (SSSR count). The highest BCUT2D eigenvalue weighted by molar-refractivity contribution is 5.76. The predicted octanol–water partition coefficient (Wildman–Crippen LogP) is 3.00. The molecule has 0 saturated heterocycles. The lowest BCUT2D eigenvalue weighted by Crippen LogP contribution is -2.26. The van der Waals surface area contributed by atoms with Gasteiger partial charge in [0.1, 0.15) is 0 Å². The summed E-state index contributed by atoms with van der Waals surface area (Å²) in [6.07, 6.45) is 3.54. The van der Waals surface area contributed by atoms with Gasteiger partial charge in [0.2, 0.25) is 5.91 Å². The summed E-state index contributed by atoms with van der Waals surface area (Å²) in [6, 6.07) is 6.42. The van der Waals surface area contributed by atoms with Crippen LogP contribution in [0.2, 0.25) is 0 Å². The largest absolute Gasteiger partial charge is 0.350 e. The van der Waals surface area contributed by atoms with E-state index in [0.717, 1.165) is 19.3 Å². The van der Waals surface area contributed by atoms with Gasteiger partial charge in [-0.2, -0.15) is 0 Å². The SMILES string of the molecule is Cc1ccc(C)c(C(C)NC(=O)CCCCCN)c1. The summed E-state index contributed by atoms with van der Waals surface area (Å²) >= 11 is 0. The highest BCUT2D eigenvalue weighted by Crippen LogP contribution is 2.19. The lowest BCUT2D eigenvalue weighted by molar-refractivity contribution is -0.121. The molecule has 106 valence electrons. The molecule has 3 N–H and O–H groups in total. The van der Waals surface area contributed by atoms with Gasteiger partial charge in [-0.3, -0.25) is 4.79 Å². The highest BCUT2D eigenvalue weighted by Gasteiger charge is 2.11. The van der Waals surface area contributed by atoms with Gasteiger partial charge < -0.3 is 11.1 Å². The molecule has 0 aliphatic rings. The van der Waals surface area contributed by atoms with Gasteiger partial charge in [0.15, 0.2) is 0 Å². The van der Waals surface area contributed by atoms with Gasteiger partial charge in [-0.1, -0.05) is 30.2 Å². The molecule has 1 aromatic carbocycles. The molecule has 0 radical (unpaired) electrons. The van der Waals surface area contributed by atoms with E-state index in [1.807, 2.05) is 6.92 Å². The van der Waals surface area contributed by atoms with Crippen LogP contribution in [0.3, 0.4) is 0 Å². The first-order valence-corrected chi connectivity index (χ1v) is 7.11. The number of carbonyl (C=O) groups is 1. The Balaban J connectivity index is 2.47. The van der Waals surface area contributed by atoms with Crippen LogP contribution in [0, 0.1) is 13.8 Å².